The van der Waals surface area contributed by atoms with E-state index >= 15 is 0 Å². The molecule has 0 radical (unpaired) electrons. The zero-order valence-electron chi connectivity index (χ0n) is 8.42. The van der Waals surface area contributed by atoms with Gasteiger partial charge in [0.15, 0.2) is 0 Å². The molecule has 0 aliphatic carbocycles. The minimum atomic E-state index is -0.329. The van der Waals surface area contributed by atoms with Crippen LogP contribution in [-0.4, -0.2) is 30.5 Å². The molecule has 82 valence electrons. The Hall–Kier alpha value is -0.770. The van der Waals surface area contributed by atoms with Crippen LogP contribution in [0.4, 0.5) is 0 Å². The van der Waals surface area contributed by atoms with Gasteiger partial charge in [-0.3, -0.25) is 9.59 Å². The molecule has 0 aliphatic heterocycles. The summed E-state index contributed by atoms with van der Waals surface area (Å²) in [5.41, 5.74) is 0. The summed E-state index contributed by atoms with van der Waals surface area (Å²) in [5.74, 6) is -0.394. The molecule has 0 spiro atoms. The maximum atomic E-state index is 10.9. The number of esters is 2. The zero-order valence-corrected chi connectivity index (χ0v) is 9.17. The van der Waals surface area contributed by atoms with Crippen LogP contribution < -0.4 is 0 Å². The standard InChI is InChI=1S/C9H15ClO4/c1-7(4-6-13-8(2)11)14-9(12)3-5-10/h7H,3-6H2,1-2H3. The second-order valence-electron chi connectivity index (χ2n) is 2.87. The molecule has 1 unspecified atom stereocenters. The van der Waals surface area contributed by atoms with Crippen LogP contribution in [0.3, 0.4) is 0 Å². The molecular formula is C9H15ClO4. The van der Waals surface area contributed by atoms with E-state index in [1.807, 2.05) is 0 Å². The van der Waals surface area contributed by atoms with Crippen molar-refractivity contribution in [1.82, 2.24) is 0 Å². The lowest BCUT2D eigenvalue weighted by Gasteiger charge is -2.12. The maximum Gasteiger partial charge on any atom is 0.307 e. The Morgan fingerprint density at radius 2 is 2.07 bits per heavy atom. The van der Waals surface area contributed by atoms with E-state index < -0.39 is 0 Å². The van der Waals surface area contributed by atoms with E-state index in [1.165, 1.54) is 6.92 Å². The molecule has 0 aromatic heterocycles. The highest BCUT2D eigenvalue weighted by Crippen LogP contribution is 2.01. The van der Waals surface area contributed by atoms with Gasteiger partial charge in [-0.1, -0.05) is 0 Å². The SMILES string of the molecule is CC(=O)OCCC(C)OC(=O)CCCl. The van der Waals surface area contributed by atoms with Crippen LogP contribution in [0.25, 0.3) is 0 Å². The van der Waals surface area contributed by atoms with Crippen LogP contribution in [-0.2, 0) is 19.1 Å². The predicted molar refractivity (Wildman–Crippen MR) is 52.1 cm³/mol. The minimum absolute atomic E-state index is 0.208. The highest BCUT2D eigenvalue weighted by Gasteiger charge is 2.08. The number of carbonyl (C=O) groups is 2. The van der Waals surface area contributed by atoms with Gasteiger partial charge in [-0.25, -0.2) is 0 Å². The number of rotatable bonds is 6. The molecule has 0 fully saturated rings. The number of halogens is 1. The number of hydrogen-bond donors (Lipinski definition) is 0. The third-order valence-corrected chi connectivity index (χ3v) is 1.65. The lowest BCUT2D eigenvalue weighted by Crippen LogP contribution is -2.17. The van der Waals surface area contributed by atoms with Crippen molar-refractivity contribution >= 4 is 23.5 Å². The maximum absolute atomic E-state index is 10.9. The molecule has 0 aromatic carbocycles. The van der Waals surface area contributed by atoms with E-state index in [0.717, 1.165) is 0 Å². The Morgan fingerprint density at radius 3 is 2.57 bits per heavy atom. The smallest absolute Gasteiger partial charge is 0.307 e. The zero-order chi connectivity index (χ0) is 11.0. The molecule has 0 aliphatic rings. The summed E-state index contributed by atoms with van der Waals surface area (Å²) < 4.78 is 9.66. The monoisotopic (exact) mass is 222 g/mol. The summed E-state index contributed by atoms with van der Waals surface area (Å²) in [6.45, 7) is 3.35. The van der Waals surface area contributed by atoms with E-state index in [0.29, 0.717) is 6.42 Å². The van der Waals surface area contributed by atoms with Gasteiger partial charge in [-0.15, -0.1) is 11.6 Å². The fraction of sp³-hybridized carbons (Fsp3) is 0.778. The second-order valence-corrected chi connectivity index (χ2v) is 3.25. The van der Waals surface area contributed by atoms with Crippen molar-refractivity contribution in [3.63, 3.8) is 0 Å². The fourth-order valence-electron chi connectivity index (χ4n) is 0.788. The Labute approximate surface area is 88.5 Å². The first-order chi connectivity index (χ1) is 6.56. The Kier molecular flexibility index (Phi) is 7.20. The van der Waals surface area contributed by atoms with Crippen molar-refractivity contribution < 1.29 is 19.1 Å². The highest BCUT2D eigenvalue weighted by atomic mass is 35.5. The van der Waals surface area contributed by atoms with Crippen LogP contribution in [0.2, 0.25) is 0 Å². The molecule has 0 amide bonds. The molecule has 4 nitrogen and oxygen atoms in total. The minimum Gasteiger partial charge on any atom is -0.466 e. The van der Waals surface area contributed by atoms with E-state index in [1.54, 1.807) is 6.92 Å². The Bertz CT molecular complexity index is 193. The van der Waals surface area contributed by atoms with Crippen LogP contribution in [0.1, 0.15) is 26.7 Å². The van der Waals surface area contributed by atoms with Crippen molar-refractivity contribution in [2.75, 3.05) is 12.5 Å². The molecular weight excluding hydrogens is 208 g/mol. The molecule has 0 bridgehead atoms. The first kappa shape index (κ1) is 13.2. The van der Waals surface area contributed by atoms with Gasteiger partial charge in [0.2, 0.25) is 0 Å². The van der Waals surface area contributed by atoms with Gasteiger partial charge < -0.3 is 9.47 Å². The van der Waals surface area contributed by atoms with Gasteiger partial charge in [-0.2, -0.15) is 0 Å². The summed E-state index contributed by atoms with van der Waals surface area (Å²) >= 11 is 5.36. The topological polar surface area (TPSA) is 52.6 Å². The molecule has 0 aromatic rings. The molecule has 5 heteroatoms. The normalized spacial score (nSPS) is 11.9. The Morgan fingerprint density at radius 1 is 1.43 bits per heavy atom. The quantitative estimate of drug-likeness (QED) is 0.505. The molecule has 0 saturated heterocycles. The largest absolute Gasteiger partial charge is 0.466 e. The number of ether oxygens (including phenoxy) is 2. The second kappa shape index (κ2) is 7.62. The van der Waals surface area contributed by atoms with E-state index in [4.69, 9.17) is 21.1 Å². The van der Waals surface area contributed by atoms with Gasteiger partial charge in [0.1, 0.15) is 6.10 Å². The third-order valence-electron chi connectivity index (χ3n) is 1.46. The van der Waals surface area contributed by atoms with Gasteiger partial charge in [0.05, 0.1) is 13.0 Å². The van der Waals surface area contributed by atoms with Crippen molar-refractivity contribution in [2.45, 2.75) is 32.8 Å². The molecule has 0 rings (SSSR count). The summed E-state index contributed by atoms with van der Waals surface area (Å²) in [7, 11) is 0. The van der Waals surface area contributed by atoms with E-state index in [2.05, 4.69) is 0 Å². The van der Waals surface area contributed by atoms with E-state index in [9.17, 15) is 9.59 Å². The predicted octanol–water partition coefficient (Wildman–Crippen LogP) is 1.50. The van der Waals surface area contributed by atoms with Crippen LogP contribution >= 0.6 is 11.6 Å². The van der Waals surface area contributed by atoms with Crippen molar-refractivity contribution in [3.05, 3.63) is 0 Å². The summed E-state index contributed by atoms with van der Waals surface area (Å²) in [6, 6.07) is 0. The van der Waals surface area contributed by atoms with Gasteiger partial charge in [-0.05, 0) is 6.92 Å². The summed E-state index contributed by atoms with van der Waals surface area (Å²) in [4.78, 5) is 21.3. The van der Waals surface area contributed by atoms with Crippen LogP contribution in [0.15, 0.2) is 0 Å². The average Bonchev–Trinajstić information content (AvgIpc) is 2.03. The third kappa shape index (κ3) is 7.86. The number of alkyl halides is 1. The van der Waals surface area contributed by atoms with Crippen LogP contribution in [0.5, 0.6) is 0 Å². The lowest BCUT2D eigenvalue weighted by molar-refractivity contribution is -0.149. The van der Waals surface area contributed by atoms with E-state index in [-0.39, 0.29) is 37.0 Å². The number of hydrogen-bond acceptors (Lipinski definition) is 4. The molecule has 14 heavy (non-hydrogen) atoms. The highest BCUT2D eigenvalue weighted by molar-refractivity contribution is 6.18. The lowest BCUT2D eigenvalue weighted by atomic mass is 10.3. The van der Waals surface area contributed by atoms with Gasteiger partial charge in [0, 0.05) is 19.2 Å². The fourth-order valence-corrected chi connectivity index (χ4v) is 0.942. The molecule has 0 saturated carbocycles. The first-order valence-electron chi connectivity index (χ1n) is 4.45. The van der Waals surface area contributed by atoms with Gasteiger partial charge >= 0.3 is 11.9 Å². The Balaban J connectivity index is 3.49. The molecule has 0 N–H and O–H groups in total. The van der Waals surface area contributed by atoms with Crippen molar-refractivity contribution in [2.24, 2.45) is 0 Å². The van der Waals surface area contributed by atoms with Crippen molar-refractivity contribution in [1.29, 1.82) is 0 Å². The average molecular weight is 223 g/mol. The van der Waals surface area contributed by atoms with Crippen molar-refractivity contribution in [3.8, 4) is 0 Å². The summed E-state index contributed by atoms with van der Waals surface area (Å²) in [5, 5.41) is 0. The molecule has 1 atom stereocenters. The first-order valence-corrected chi connectivity index (χ1v) is 4.98. The number of carbonyl (C=O) groups excluding carboxylic acids is 2. The van der Waals surface area contributed by atoms with Crippen LogP contribution in [0, 0.1) is 0 Å². The molecule has 0 heterocycles. The summed E-state index contributed by atoms with van der Waals surface area (Å²) in [6.07, 6.45) is 0.470. The van der Waals surface area contributed by atoms with Gasteiger partial charge in [0.25, 0.3) is 0 Å².